The molecule has 98 valence electrons. The largest absolute Gasteiger partial charge is 0.412 e. The second-order valence-electron chi connectivity index (χ2n) is 6.52. The molecule has 1 aliphatic heterocycles. The first-order chi connectivity index (χ1) is 7.60. The highest BCUT2D eigenvalue weighted by Crippen LogP contribution is 2.40. The van der Waals surface area contributed by atoms with Crippen LogP contribution in [-0.2, 0) is 9.16 Å². The Morgan fingerprint density at radius 3 is 2.24 bits per heavy atom. The van der Waals surface area contributed by atoms with E-state index < -0.39 is 14.3 Å². The molecular formula is C12H25BO3Si. The van der Waals surface area contributed by atoms with Crippen LogP contribution in [-0.4, -0.2) is 46.1 Å². The van der Waals surface area contributed by atoms with Gasteiger partial charge >= 0.3 is 0 Å². The van der Waals surface area contributed by atoms with E-state index >= 15 is 0 Å². The number of rotatable bonds is 3. The van der Waals surface area contributed by atoms with Gasteiger partial charge in [0.25, 0.3) is 0 Å². The first-order valence-corrected chi connectivity index (χ1v) is 9.20. The molecule has 0 amide bonds. The van der Waals surface area contributed by atoms with Crippen LogP contribution < -0.4 is 0 Å². The van der Waals surface area contributed by atoms with Gasteiger partial charge in [-0.3, -0.25) is 0 Å². The minimum absolute atomic E-state index is 0.00618. The van der Waals surface area contributed by atoms with Crippen LogP contribution in [0.4, 0.5) is 0 Å². The number of aliphatic hydroxyl groups excluding tert-OH is 1. The molecule has 1 fully saturated rings. The normalized spacial score (nSPS) is 35.2. The zero-order valence-electron chi connectivity index (χ0n) is 11.9. The molecule has 1 aliphatic rings. The summed E-state index contributed by atoms with van der Waals surface area (Å²) in [5.41, 5.74) is 0. The molecule has 0 aliphatic carbocycles. The van der Waals surface area contributed by atoms with E-state index in [1.807, 2.05) is 6.92 Å². The number of hydrogen-bond acceptors (Lipinski definition) is 3. The SMILES string of the molecule is [B][C@@H]1O[C@H](CO)[C@@H](C)[C@H]1O[Si](C)(C)C(C)(C)C. The van der Waals surface area contributed by atoms with Gasteiger partial charge in [0.1, 0.15) is 7.85 Å². The molecule has 0 bridgehead atoms. The highest BCUT2D eigenvalue weighted by atomic mass is 28.4. The Labute approximate surface area is 107 Å². The lowest BCUT2D eigenvalue weighted by Crippen LogP contribution is -2.47. The zero-order chi connectivity index (χ0) is 13.4. The van der Waals surface area contributed by atoms with Gasteiger partial charge < -0.3 is 14.3 Å². The van der Waals surface area contributed by atoms with Gasteiger partial charge in [0.05, 0.1) is 18.8 Å². The maximum absolute atomic E-state index is 9.21. The Kier molecular flexibility index (Phi) is 4.51. The van der Waals surface area contributed by atoms with E-state index in [9.17, 15) is 5.11 Å². The summed E-state index contributed by atoms with van der Waals surface area (Å²) in [4.78, 5) is 0. The van der Waals surface area contributed by atoms with Crippen LogP contribution in [0.25, 0.3) is 0 Å². The summed E-state index contributed by atoms with van der Waals surface area (Å²) in [6.45, 7) is 13.1. The van der Waals surface area contributed by atoms with Gasteiger partial charge in [-0.15, -0.1) is 0 Å². The fourth-order valence-electron chi connectivity index (χ4n) is 1.81. The minimum atomic E-state index is -1.84. The van der Waals surface area contributed by atoms with E-state index in [2.05, 4.69) is 33.9 Å². The molecule has 17 heavy (non-hydrogen) atoms. The van der Waals surface area contributed by atoms with Crippen LogP contribution in [0.5, 0.6) is 0 Å². The summed E-state index contributed by atoms with van der Waals surface area (Å²) in [5.74, 6) is 0.143. The average Bonchev–Trinajstić information content (AvgIpc) is 2.43. The fourth-order valence-corrected chi connectivity index (χ4v) is 3.20. The highest BCUT2D eigenvalue weighted by Gasteiger charge is 2.46. The lowest BCUT2D eigenvalue weighted by atomic mass is 9.89. The molecule has 0 spiro atoms. The van der Waals surface area contributed by atoms with Crippen molar-refractivity contribution < 1.29 is 14.3 Å². The molecular weight excluding hydrogens is 231 g/mol. The van der Waals surface area contributed by atoms with Crippen molar-refractivity contribution in [2.24, 2.45) is 5.92 Å². The third-order valence-electron chi connectivity index (χ3n) is 4.18. The Morgan fingerprint density at radius 2 is 1.88 bits per heavy atom. The van der Waals surface area contributed by atoms with Gasteiger partial charge in [-0.1, -0.05) is 27.7 Å². The van der Waals surface area contributed by atoms with Crippen molar-refractivity contribution >= 4 is 16.2 Å². The molecule has 1 heterocycles. The summed E-state index contributed by atoms with van der Waals surface area (Å²) in [6.07, 6.45) is -0.298. The van der Waals surface area contributed by atoms with Crippen LogP contribution in [0.15, 0.2) is 0 Å². The van der Waals surface area contributed by atoms with Crippen LogP contribution in [0.3, 0.4) is 0 Å². The fraction of sp³-hybridized carbons (Fsp3) is 1.00. The summed E-state index contributed by atoms with van der Waals surface area (Å²) in [6, 6.07) is -0.420. The molecule has 0 aromatic heterocycles. The van der Waals surface area contributed by atoms with Gasteiger partial charge in [0, 0.05) is 11.9 Å². The number of ether oxygens (including phenoxy) is 1. The second-order valence-corrected chi connectivity index (χ2v) is 11.3. The van der Waals surface area contributed by atoms with E-state index in [0.29, 0.717) is 0 Å². The van der Waals surface area contributed by atoms with Crippen molar-refractivity contribution in [1.82, 2.24) is 0 Å². The van der Waals surface area contributed by atoms with Gasteiger partial charge in [-0.2, -0.15) is 0 Å². The van der Waals surface area contributed by atoms with Crippen molar-refractivity contribution in [1.29, 1.82) is 0 Å². The molecule has 5 heteroatoms. The Bertz CT molecular complexity index is 265. The van der Waals surface area contributed by atoms with Crippen LogP contribution in [0.2, 0.25) is 18.1 Å². The van der Waals surface area contributed by atoms with E-state index in [0.717, 1.165) is 0 Å². The monoisotopic (exact) mass is 256 g/mol. The van der Waals surface area contributed by atoms with Crippen molar-refractivity contribution in [3.05, 3.63) is 0 Å². The van der Waals surface area contributed by atoms with E-state index in [1.165, 1.54) is 0 Å². The molecule has 0 unspecified atom stereocenters. The summed E-state index contributed by atoms with van der Waals surface area (Å²) >= 11 is 0. The van der Waals surface area contributed by atoms with Crippen LogP contribution in [0.1, 0.15) is 27.7 Å². The van der Waals surface area contributed by atoms with Gasteiger partial charge in [0.2, 0.25) is 0 Å². The predicted molar refractivity (Wildman–Crippen MR) is 72.7 cm³/mol. The molecule has 3 nitrogen and oxygen atoms in total. The van der Waals surface area contributed by atoms with E-state index in [4.69, 9.17) is 17.0 Å². The molecule has 2 radical (unpaired) electrons. The van der Waals surface area contributed by atoms with Crippen LogP contribution in [0, 0.1) is 5.92 Å². The lowest BCUT2D eigenvalue weighted by Gasteiger charge is -2.40. The molecule has 0 aromatic rings. The maximum atomic E-state index is 9.21. The molecule has 4 atom stereocenters. The molecule has 1 rings (SSSR count). The van der Waals surface area contributed by atoms with Gasteiger partial charge in [-0.05, 0) is 18.1 Å². The minimum Gasteiger partial charge on any atom is -0.412 e. The van der Waals surface area contributed by atoms with Gasteiger partial charge in [0.15, 0.2) is 8.32 Å². The van der Waals surface area contributed by atoms with Gasteiger partial charge in [-0.25, -0.2) is 0 Å². The zero-order valence-corrected chi connectivity index (χ0v) is 12.9. The Morgan fingerprint density at radius 1 is 1.35 bits per heavy atom. The van der Waals surface area contributed by atoms with Crippen molar-refractivity contribution in [3.63, 3.8) is 0 Å². The predicted octanol–water partition coefficient (Wildman–Crippen LogP) is 1.90. The van der Waals surface area contributed by atoms with Crippen molar-refractivity contribution in [2.75, 3.05) is 6.61 Å². The average molecular weight is 256 g/mol. The third-order valence-corrected chi connectivity index (χ3v) is 8.65. The second kappa shape index (κ2) is 5.04. The Balaban J connectivity index is 2.75. The van der Waals surface area contributed by atoms with Crippen LogP contribution >= 0.6 is 0 Å². The lowest BCUT2D eigenvalue weighted by molar-refractivity contribution is 0.0259. The first kappa shape index (κ1) is 15.2. The molecule has 0 saturated carbocycles. The summed E-state index contributed by atoms with van der Waals surface area (Å²) in [7, 11) is 4.11. The third kappa shape index (κ3) is 3.13. The standard InChI is InChI=1S/C12H25BO3Si/c1-8-9(7-14)15-11(13)10(8)16-17(5,6)12(2,3)4/h8-11,14H,7H2,1-6H3/t8-,9-,10-,11-/m1/s1. The van der Waals surface area contributed by atoms with E-state index in [1.54, 1.807) is 0 Å². The molecule has 1 saturated heterocycles. The first-order valence-electron chi connectivity index (χ1n) is 6.30. The molecule has 1 N–H and O–H groups in total. The topological polar surface area (TPSA) is 38.7 Å². The smallest absolute Gasteiger partial charge is 0.192 e. The van der Waals surface area contributed by atoms with Crippen molar-refractivity contribution in [2.45, 2.75) is 64.0 Å². The number of aliphatic hydroxyl groups is 1. The summed E-state index contributed by atoms with van der Waals surface area (Å²) < 4.78 is 11.8. The highest BCUT2D eigenvalue weighted by molar-refractivity contribution is 6.74. The van der Waals surface area contributed by atoms with E-state index in [-0.39, 0.29) is 29.8 Å². The quantitative estimate of drug-likeness (QED) is 0.784. The number of hydrogen-bond donors (Lipinski definition) is 1. The molecule has 0 aromatic carbocycles. The van der Waals surface area contributed by atoms with Crippen molar-refractivity contribution in [3.8, 4) is 0 Å². The summed E-state index contributed by atoms with van der Waals surface area (Å²) in [5, 5.41) is 9.36. The maximum Gasteiger partial charge on any atom is 0.192 e. The Hall–Kier alpha value is 0.162.